The number of carbonyl (C=O) groups excluding carboxylic acids is 2. The largest absolute Gasteiger partial charge is 0.467 e. The van der Waals surface area contributed by atoms with Crippen LogP contribution in [0.3, 0.4) is 0 Å². The van der Waals surface area contributed by atoms with Crippen LogP contribution in [-0.4, -0.2) is 29.1 Å². The number of rotatable bonds is 5. The predicted molar refractivity (Wildman–Crippen MR) is 101 cm³/mol. The Morgan fingerprint density at radius 2 is 1.78 bits per heavy atom. The summed E-state index contributed by atoms with van der Waals surface area (Å²) in [4.78, 5) is 28.9. The van der Waals surface area contributed by atoms with Crippen molar-refractivity contribution in [2.24, 2.45) is 0 Å². The smallest absolute Gasteiger partial charge is 0.333 e. The van der Waals surface area contributed by atoms with Crippen LogP contribution in [0.5, 0.6) is 0 Å². The van der Waals surface area contributed by atoms with Crippen molar-refractivity contribution in [1.29, 1.82) is 0 Å². The van der Waals surface area contributed by atoms with Gasteiger partial charge in [-0.15, -0.1) is 0 Å². The van der Waals surface area contributed by atoms with E-state index in [-0.39, 0.29) is 0 Å². The van der Waals surface area contributed by atoms with Crippen LogP contribution in [0.4, 0.5) is 0 Å². The molecule has 1 heterocycles. The van der Waals surface area contributed by atoms with E-state index < -0.39 is 17.9 Å². The molecule has 1 atom stereocenters. The zero-order valence-corrected chi connectivity index (χ0v) is 16.2. The first kappa shape index (κ1) is 18.8. The van der Waals surface area contributed by atoms with Crippen molar-refractivity contribution in [2.75, 3.05) is 7.11 Å². The summed E-state index contributed by atoms with van der Waals surface area (Å²) in [5, 5.41) is 6.44. The second kappa shape index (κ2) is 8.13. The molecule has 0 aliphatic heterocycles. The second-order valence-corrected chi connectivity index (χ2v) is 6.62. The van der Waals surface area contributed by atoms with Gasteiger partial charge in [0.2, 0.25) is 0 Å². The topological polar surface area (TPSA) is 94.3 Å². The third kappa shape index (κ3) is 4.40. The molecule has 0 saturated carbocycles. The Morgan fingerprint density at radius 3 is 2.33 bits per heavy atom. The summed E-state index contributed by atoms with van der Waals surface area (Å²) in [5.41, 5.74) is 1.71. The molecule has 1 N–H and O–H groups in total. The van der Waals surface area contributed by atoms with E-state index in [0.29, 0.717) is 28.4 Å². The van der Waals surface area contributed by atoms with Gasteiger partial charge in [-0.1, -0.05) is 33.2 Å². The summed E-state index contributed by atoms with van der Waals surface area (Å²) in [7, 11) is 1.28. The minimum Gasteiger partial charge on any atom is -0.467 e. The first-order valence-corrected chi connectivity index (χ1v) is 8.82. The van der Waals surface area contributed by atoms with Crippen LogP contribution in [0.2, 0.25) is 0 Å². The van der Waals surface area contributed by atoms with Crippen LogP contribution < -0.4 is 5.32 Å². The number of hydrogen-bond acceptors (Lipinski definition) is 6. The van der Waals surface area contributed by atoms with Gasteiger partial charge >= 0.3 is 5.97 Å². The van der Waals surface area contributed by atoms with E-state index in [4.69, 9.17) is 9.26 Å². The van der Waals surface area contributed by atoms with Crippen LogP contribution >= 0.6 is 15.9 Å². The number of hydrogen-bond donors (Lipinski definition) is 1. The molecular weight excluding hydrogens is 414 g/mol. The number of aryl methyl sites for hydroxylation is 1. The van der Waals surface area contributed by atoms with E-state index >= 15 is 0 Å². The summed E-state index contributed by atoms with van der Waals surface area (Å²) in [5.74, 6) is -0.0470. The van der Waals surface area contributed by atoms with Gasteiger partial charge in [-0.25, -0.2) is 4.79 Å². The van der Waals surface area contributed by atoms with Crippen LogP contribution in [0.1, 0.15) is 27.8 Å². The molecule has 0 aliphatic carbocycles. The van der Waals surface area contributed by atoms with Crippen molar-refractivity contribution >= 4 is 27.8 Å². The number of esters is 1. The van der Waals surface area contributed by atoms with Crippen molar-refractivity contribution in [2.45, 2.75) is 13.0 Å². The molecule has 1 aromatic heterocycles. The fourth-order valence-corrected chi connectivity index (χ4v) is 2.71. The highest BCUT2D eigenvalue weighted by molar-refractivity contribution is 9.10. The third-order valence-electron chi connectivity index (χ3n) is 3.84. The Hall–Kier alpha value is -3.00. The molecule has 138 valence electrons. The van der Waals surface area contributed by atoms with Crippen molar-refractivity contribution in [1.82, 2.24) is 15.5 Å². The Bertz CT molecular complexity index is 952. The number of methoxy groups -OCH3 is 1. The number of nitrogens with one attached hydrogen (secondary N) is 1. The molecule has 0 bridgehead atoms. The average molecular weight is 430 g/mol. The maximum Gasteiger partial charge on any atom is 0.333 e. The molecule has 1 amide bonds. The normalized spacial score (nSPS) is 11.7. The summed E-state index contributed by atoms with van der Waals surface area (Å²) in [6.45, 7) is 1.73. The maximum atomic E-state index is 12.6. The van der Waals surface area contributed by atoms with E-state index in [1.54, 1.807) is 55.5 Å². The van der Waals surface area contributed by atoms with Gasteiger partial charge < -0.3 is 14.6 Å². The van der Waals surface area contributed by atoms with Crippen LogP contribution in [-0.2, 0) is 9.53 Å². The van der Waals surface area contributed by atoms with E-state index in [1.165, 1.54) is 7.11 Å². The van der Waals surface area contributed by atoms with Crippen molar-refractivity contribution in [3.05, 3.63) is 70.0 Å². The molecule has 7 nitrogen and oxygen atoms in total. The minimum absolute atomic E-state index is 0.377. The molecular formula is C19H16BrN3O4. The van der Waals surface area contributed by atoms with E-state index in [0.717, 1.165) is 4.47 Å². The fraction of sp³-hybridized carbons (Fsp3) is 0.158. The number of halogens is 1. The Morgan fingerprint density at radius 1 is 1.11 bits per heavy atom. The number of carbonyl (C=O) groups is 2. The highest BCUT2D eigenvalue weighted by Gasteiger charge is 2.24. The maximum absolute atomic E-state index is 12.6. The van der Waals surface area contributed by atoms with Gasteiger partial charge in [0.15, 0.2) is 11.9 Å². The molecule has 27 heavy (non-hydrogen) atoms. The van der Waals surface area contributed by atoms with Crippen LogP contribution in [0.15, 0.2) is 57.5 Å². The lowest BCUT2D eigenvalue weighted by Gasteiger charge is -2.17. The summed E-state index contributed by atoms with van der Waals surface area (Å²) < 4.78 is 10.8. The first-order chi connectivity index (χ1) is 13.0. The van der Waals surface area contributed by atoms with Gasteiger partial charge in [-0.2, -0.15) is 4.98 Å². The first-order valence-electron chi connectivity index (χ1n) is 8.03. The molecule has 2 aromatic carbocycles. The molecule has 8 heteroatoms. The lowest BCUT2D eigenvalue weighted by atomic mass is 10.1. The quantitative estimate of drug-likeness (QED) is 0.624. The van der Waals surface area contributed by atoms with Crippen molar-refractivity contribution < 1.29 is 18.8 Å². The van der Waals surface area contributed by atoms with Crippen molar-refractivity contribution in [3.63, 3.8) is 0 Å². The zero-order chi connectivity index (χ0) is 19.4. The SMILES string of the molecule is COC(=O)C(NC(=O)c1ccc(-c2nc(C)no2)cc1)c1ccc(Br)cc1. The number of ether oxygens (including phenoxy) is 1. The Kier molecular flexibility index (Phi) is 5.66. The number of aromatic nitrogens is 2. The molecule has 0 fully saturated rings. The highest BCUT2D eigenvalue weighted by Crippen LogP contribution is 2.20. The Labute approximate surface area is 163 Å². The molecule has 0 saturated heterocycles. The van der Waals surface area contributed by atoms with Gasteiger partial charge in [0.25, 0.3) is 11.8 Å². The molecule has 0 aliphatic rings. The van der Waals surface area contributed by atoms with Gasteiger partial charge in [-0.05, 0) is 48.9 Å². The van der Waals surface area contributed by atoms with Crippen LogP contribution in [0.25, 0.3) is 11.5 Å². The van der Waals surface area contributed by atoms with Gasteiger partial charge in [0, 0.05) is 15.6 Å². The standard InChI is InChI=1S/C19H16BrN3O4/c1-11-21-18(27-23-11)14-5-3-13(4-6-14)17(24)22-16(19(25)26-2)12-7-9-15(20)10-8-12/h3-10,16H,1-2H3,(H,22,24). The summed E-state index contributed by atoms with van der Waals surface area (Å²) >= 11 is 3.34. The molecule has 1 unspecified atom stereocenters. The monoisotopic (exact) mass is 429 g/mol. The molecule has 3 aromatic rings. The lowest BCUT2D eigenvalue weighted by molar-refractivity contribution is -0.143. The predicted octanol–water partition coefficient (Wildman–Crippen LogP) is 3.45. The Balaban J connectivity index is 1.79. The summed E-state index contributed by atoms with van der Waals surface area (Å²) in [6, 6.07) is 12.8. The molecule has 0 spiro atoms. The van der Waals surface area contributed by atoms with E-state index in [2.05, 4.69) is 31.4 Å². The van der Waals surface area contributed by atoms with E-state index in [1.807, 2.05) is 0 Å². The number of benzene rings is 2. The molecule has 0 radical (unpaired) electrons. The van der Waals surface area contributed by atoms with Crippen LogP contribution in [0, 0.1) is 6.92 Å². The average Bonchev–Trinajstić information content (AvgIpc) is 3.12. The second-order valence-electron chi connectivity index (χ2n) is 5.71. The lowest BCUT2D eigenvalue weighted by Crippen LogP contribution is -2.34. The van der Waals surface area contributed by atoms with Gasteiger partial charge in [0.05, 0.1) is 7.11 Å². The zero-order valence-electron chi connectivity index (χ0n) is 14.6. The molecule has 3 rings (SSSR count). The van der Waals surface area contributed by atoms with Crippen molar-refractivity contribution in [3.8, 4) is 11.5 Å². The highest BCUT2D eigenvalue weighted by atomic mass is 79.9. The van der Waals surface area contributed by atoms with Gasteiger partial charge in [-0.3, -0.25) is 4.79 Å². The van der Waals surface area contributed by atoms with E-state index in [9.17, 15) is 9.59 Å². The fourth-order valence-electron chi connectivity index (χ4n) is 2.44. The summed E-state index contributed by atoms with van der Waals surface area (Å²) in [6.07, 6.45) is 0. The minimum atomic E-state index is -0.908. The third-order valence-corrected chi connectivity index (χ3v) is 4.37. The van der Waals surface area contributed by atoms with Gasteiger partial charge in [0.1, 0.15) is 0 Å². The number of amides is 1. The number of nitrogens with zero attached hydrogens (tertiary/aromatic N) is 2.